The summed E-state index contributed by atoms with van der Waals surface area (Å²) < 4.78 is 5.23. The van der Waals surface area contributed by atoms with Crippen LogP contribution in [0, 0.1) is 10.1 Å². The molecular weight excluding hydrogens is 222 g/mol. The molecule has 5 heteroatoms. The van der Waals surface area contributed by atoms with Gasteiger partial charge in [-0.25, -0.2) is 0 Å². The van der Waals surface area contributed by atoms with Crippen LogP contribution in [-0.4, -0.2) is 17.3 Å². The van der Waals surface area contributed by atoms with E-state index in [0.29, 0.717) is 29.9 Å². The molecule has 0 fully saturated rings. The lowest BCUT2D eigenvalue weighted by Crippen LogP contribution is -2.05. The summed E-state index contributed by atoms with van der Waals surface area (Å²) in [6.45, 7) is 5.37. The van der Waals surface area contributed by atoms with E-state index >= 15 is 0 Å². The molecule has 0 heterocycles. The largest absolute Gasteiger partial charge is 0.494 e. The molecular formula is C12H15NO4. The molecule has 0 atom stereocenters. The van der Waals surface area contributed by atoms with Gasteiger partial charge in [0, 0.05) is 11.1 Å². The molecule has 92 valence electrons. The Morgan fingerprint density at radius 2 is 2.06 bits per heavy atom. The smallest absolute Gasteiger partial charge is 0.277 e. The van der Waals surface area contributed by atoms with Gasteiger partial charge in [-0.2, -0.15) is 0 Å². The summed E-state index contributed by atoms with van der Waals surface area (Å²) in [5.74, 6) is 0.174. The molecule has 17 heavy (non-hydrogen) atoms. The SMILES string of the molecule is CCOc1cc(C(C)=O)c(CC)c([N+](=O)[O-])c1. The van der Waals surface area contributed by atoms with Crippen molar-refractivity contribution in [3.63, 3.8) is 0 Å². The third kappa shape index (κ3) is 2.81. The topological polar surface area (TPSA) is 69.4 Å². The molecule has 1 aromatic carbocycles. The van der Waals surface area contributed by atoms with Crippen LogP contribution in [0.1, 0.15) is 36.7 Å². The highest BCUT2D eigenvalue weighted by Crippen LogP contribution is 2.29. The molecule has 0 aliphatic heterocycles. The molecule has 0 radical (unpaired) electrons. The van der Waals surface area contributed by atoms with E-state index in [4.69, 9.17) is 4.74 Å². The Balaban J connectivity index is 3.45. The van der Waals surface area contributed by atoms with Crippen molar-refractivity contribution in [3.05, 3.63) is 33.4 Å². The number of Topliss-reactive ketones (excluding diaryl/α,β-unsaturated/α-hetero) is 1. The minimum atomic E-state index is -0.478. The molecule has 1 rings (SSSR count). The molecule has 0 amide bonds. The van der Waals surface area contributed by atoms with Crippen molar-refractivity contribution in [1.82, 2.24) is 0 Å². The van der Waals surface area contributed by atoms with Gasteiger partial charge in [0.1, 0.15) is 5.75 Å². The molecule has 0 bridgehead atoms. The number of hydrogen-bond acceptors (Lipinski definition) is 4. The van der Waals surface area contributed by atoms with Crippen molar-refractivity contribution < 1.29 is 14.5 Å². The summed E-state index contributed by atoms with van der Waals surface area (Å²) in [6, 6.07) is 2.94. The van der Waals surface area contributed by atoms with Crippen molar-refractivity contribution in [3.8, 4) is 5.75 Å². The molecule has 0 aliphatic carbocycles. The number of nitrogens with zero attached hydrogens (tertiary/aromatic N) is 1. The quantitative estimate of drug-likeness (QED) is 0.448. The zero-order valence-corrected chi connectivity index (χ0v) is 10.1. The van der Waals surface area contributed by atoms with E-state index in [0.717, 1.165) is 0 Å². The van der Waals surface area contributed by atoms with Crippen molar-refractivity contribution in [2.75, 3.05) is 6.61 Å². The first-order chi connectivity index (χ1) is 8.01. The monoisotopic (exact) mass is 237 g/mol. The van der Waals surface area contributed by atoms with Crippen LogP contribution in [0.15, 0.2) is 12.1 Å². The molecule has 0 saturated heterocycles. The second-order valence-corrected chi connectivity index (χ2v) is 3.57. The number of carbonyl (C=O) groups is 1. The van der Waals surface area contributed by atoms with Crippen molar-refractivity contribution >= 4 is 11.5 Å². The lowest BCUT2D eigenvalue weighted by atomic mass is 10.00. The van der Waals surface area contributed by atoms with Crippen molar-refractivity contribution in [2.24, 2.45) is 0 Å². The number of rotatable bonds is 5. The van der Waals surface area contributed by atoms with E-state index in [-0.39, 0.29) is 11.5 Å². The summed E-state index contributed by atoms with van der Waals surface area (Å²) in [4.78, 5) is 22.0. The lowest BCUT2D eigenvalue weighted by Gasteiger charge is -2.09. The van der Waals surface area contributed by atoms with Crippen molar-refractivity contribution in [1.29, 1.82) is 0 Å². The Kier molecular flexibility index (Phi) is 4.20. The van der Waals surface area contributed by atoms with E-state index in [9.17, 15) is 14.9 Å². The predicted molar refractivity (Wildman–Crippen MR) is 63.6 cm³/mol. The van der Waals surface area contributed by atoms with Crippen LogP contribution in [0.2, 0.25) is 0 Å². The number of carbonyl (C=O) groups excluding carboxylic acids is 1. The number of ether oxygens (including phenoxy) is 1. The fourth-order valence-electron chi connectivity index (χ4n) is 1.73. The van der Waals surface area contributed by atoms with Gasteiger partial charge in [-0.1, -0.05) is 6.92 Å². The number of nitro groups is 1. The Morgan fingerprint density at radius 3 is 2.47 bits per heavy atom. The maximum atomic E-state index is 11.5. The van der Waals surface area contributed by atoms with E-state index in [2.05, 4.69) is 0 Å². The Morgan fingerprint density at radius 1 is 1.41 bits per heavy atom. The highest BCUT2D eigenvalue weighted by atomic mass is 16.6. The van der Waals surface area contributed by atoms with Gasteiger partial charge >= 0.3 is 0 Å². The van der Waals surface area contributed by atoms with Crippen LogP contribution in [0.25, 0.3) is 0 Å². The molecule has 0 N–H and O–H groups in total. The van der Waals surface area contributed by atoms with Gasteiger partial charge in [-0.05, 0) is 26.3 Å². The summed E-state index contributed by atoms with van der Waals surface area (Å²) in [7, 11) is 0. The Hall–Kier alpha value is -1.91. The second kappa shape index (κ2) is 5.43. The van der Waals surface area contributed by atoms with E-state index in [1.165, 1.54) is 13.0 Å². The molecule has 0 saturated carbocycles. The van der Waals surface area contributed by atoms with Crippen molar-refractivity contribution in [2.45, 2.75) is 27.2 Å². The van der Waals surface area contributed by atoms with E-state index in [1.54, 1.807) is 19.9 Å². The van der Waals surface area contributed by atoms with Gasteiger partial charge in [0.2, 0.25) is 0 Å². The number of nitro benzene ring substituents is 1. The van der Waals surface area contributed by atoms with Crippen LogP contribution in [0.5, 0.6) is 5.75 Å². The second-order valence-electron chi connectivity index (χ2n) is 3.57. The number of benzene rings is 1. The van der Waals surface area contributed by atoms with Gasteiger partial charge in [0.05, 0.1) is 17.6 Å². The van der Waals surface area contributed by atoms with Crippen LogP contribution in [-0.2, 0) is 6.42 Å². The Labute approximate surface area is 99.5 Å². The highest BCUT2D eigenvalue weighted by molar-refractivity contribution is 5.97. The standard InChI is InChI=1S/C12H15NO4/c1-4-10-11(8(3)14)6-9(17-5-2)7-12(10)13(15)16/h6-7H,4-5H2,1-3H3. The molecule has 0 spiro atoms. The van der Waals surface area contributed by atoms with Crippen LogP contribution < -0.4 is 4.74 Å². The van der Waals surface area contributed by atoms with Gasteiger partial charge in [0.15, 0.2) is 5.78 Å². The molecule has 0 aliphatic rings. The lowest BCUT2D eigenvalue weighted by molar-refractivity contribution is -0.385. The van der Waals surface area contributed by atoms with Gasteiger partial charge < -0.3 is 4.74 Å². The molecule has 5 nitrogen and oxygen atoms in total. The summed E-state index contributed by atoms with van der Waals surface area (Å²) in [6.07, 6.45) is 0.442. The molecule has 0 aromatic heterocycles. The predicted octanol–water partition coefficient (Wildman–Crippen LogP) is 2.76. The number of ketones is 1. The first kappa shape index (κ1) is 13.2. The summed E-state index contributed by atoms with van der Waals surface area (Å²) >= 11 is 0. The van der Waals surface area contributed by atoms with E-state index in [1.807, 2.05) is 0 Å². The maximum absolute atomic E-state index is 11.5. The van der Waals surface area contributed by atoms with Gasteiger partial charge in [-0.3, -0.25) is 14.9 Å². The minimum Gasteiger partial charge on any atom is -0.494 e. The average molecular weight is 237 g/mol. The fraction of sp³-hybridized carbons (Fsp3) is 0.417. The van der Waals surface area contributed by atoms with Crippen LogP contribution in [0.4, 0.5) is 5.69 Å². The Bertz CT molecular complexity index is 419. The highest BCUT2D eigenvalue weighted by Gasteiger charge is 2.20. The van der Waals surface area contributed by atoms with Crippen LogP contribution >= 0.6 is 0 Å². The first-order valence-electron chi connectivity index (χ1n) is 5.46. The summed E-state index contributed by atoms with van der Waals surface area (Å²) in [5.41, 5.74) is 0.778. The van der Waals surface area contributed by atoms with Gasteiger partial charge in [0.25, 0.3) is 5.69 Å². The minimum absolute atomic E-state index is 0.0522. The molecule has 1 aromatic rings. The third-order valence-corrected chi connectivity index (χ3v) is 2.44. The average Bonchev–Trinajstić information content (AvgIpc) is 2.28. The summed E-state index contributed by atoms with van der Waals surface area (Å²) in [5, 5.41) is 11.0. The normalized spacial score (nSPS) is 10.1. The van der Waals surface area contributed by atoms with E-state index < -0.39 is 4.92 Å². The zero-order valence-electron chi connectivity index (χ0n) is 10.1. The third-order valence-electron chi connectivity index (χ3n) is 2.44. The zero-order chi connectivity index (χ0) is 13.0. The fourth-order valence-corrected chi connectivity index (χ4v) is 1.73. The van der Waals surface area contributed by atoms with Gasteiger partial charge in [-0.15, -0.1) is 0 Å². The first-order valence-corrected chi connectivity index (χ1v) is 5.46. The van der Waals surface area contributed by atoms with Crippen LogP contribution in [0.3, 0.4) is 0 Å². The molecule has 0 unspecified atom stereocenters. The number of hydrogen-bond donors (Lipinski definition) is 0. The maximum Gasteiger partial charge on any atom is 0.277 e.